The van der Waals surface area contributed by atoms with Gasteiger partial charge in [-0.1, -0.05) is 0 Å². The maximum atomic E-state index is 9.37. The molecule has 0 aromatic heterocycles. The van der Waals surface area contributed by atoms with Crippen LogP contribution in [-0.2, 0) is 13.8 Å². The molecule has 0 spiro atoms. The highest BCUT2D eigenvalue weighted by atomic mass is 31.1. The van der Waals surface area contributed by atoms with E-state index in [-0.39, 0.29) is 0 Å². The van der Waals surface area contributed by atoms with Crippen LogP contribution in [0.3, 0.4) is 0 Å². The fourth-order valence-electron chi connectivity index (χ4n) is 0. The monoisotopic (exact) mass is 165 g/mol. The molecule has 0 saturated heterocycles. The molecule has 0 aromatic carbocycles. The molecular formula is C3H7BO5P+. The molecule has 0 aliphatic carbocycles. The number of rotatable bonds is 1. The summed E-state index contributed by atoms with van der Waals surface area (Å²) in [5, 5.41) is 0. The minimum atomic E-state index is -2.35. The molecule has 10 heavy (non-hydrogen) atoms. The van der Waals surface area contributed by atoms with Gasteiger partial charge in [-0.2, -0.15) is 0 Å². The molecule has 7 heteroatoms. The van der Waals surface area contributed by atoms with Crippen molar-refractivity contribution in [3.05, 3.63) is 0 Å². The van der Waals surface area contributed by atoms with Crippen LogP contribution in [0.1, 0.15) is 0 Å². The number of methoxy groups -OCH3 is 1. The number of carbonyl (C=O) groups excluding carboxylic acids is 1. The summed E-state index contributed by atoms with van der Waals surface area (Å²) in [6.45, 7) is 0. The van der Waals surface area contributed by atoms with Crippen LogP contribution in [0.2, 0.25) is 0 Å². The zero-order valence-electron chi connectivity index (χ0n) is 5.60. The summed E-state index contributed by atoms with van der Waals surface area (Å²) in [4.78, 5) is 17.0. The van der Waals surface area contributed by atoms with Gasteiger partial charge in [0.15, 0.2) is 0 Å². The Morgan fingerprint density at radius 1 is 1.60 bits per heavy atom. The normalized spacial score (nSPS) is 8.90. The van der Waals surface area contributed by atoms with Gasteiger partial charge >= 0.3 is 8.25 Å². The van der Waals surface area contributed by atoms with E-state index in [1.165, 1.54) is 14.2 Å². The summed E-state index contributed by atoms with van der Waals surface area (Å²) in [5.41, 5.74) is 0. The Bertz CT molecular complexity index is 101. The first-order valence-corrected chi connectivity index (χ1v) is 3.21. The van der Waals surface area contributed by atoms with Crippen molar-refractivity contribution in [3.63, 3.8) is 0 Å². The molecule has 0 aromatic rings. The Hall–Kier alpha value is -0.445. The van der Waals surface area contributed by atoms with Crippen molar-refractivity contribution >= 4 is 22.0 Å². The van der Waals surface area contributed by atoms with Gasteiger partial charge in [-0.3, -0.25) is 4.79 Å². The molecule has 5 nitrogen and oxygen atoms in total. The second-order valence-electron chi connectivity index (χ2n) is 0.944. The smallest absolute Gasteiger partial charge is 0.478 e. The average Bonchev–Trinajstić information content (AvgIpc) is 1.89. The van der Waals surface area contributed by atoms with Gasteiger partial charge in [0.05, 0.1) is 14.2 Å². The van der Waals surface area contributed by atoms with Gasteiger partial charge in [0, 0.05) is 4.57 Å². The molecule has 0 amide bonds. The second-order valence-corrected chi connectivity index (χ2v) is 1.78. The van der Waals surface area contributed by atoms with Crippen LogP contribution < -0.4 is 0 Å². The summed E-state index contributed by atoms with van der Waals surface area (Å²) in [6.07, 6.45) is 0. The fraction of sp³-hybridized carbons (Fsp3) is 0.667. The Kier molecular flexibility index (Phi) is 10.5. The third-order valence-corrected chi connectivity index (χ3v) is 0.670. The average molecular weight is 165 g/mol. The lowest BCUT2D eigenvalue weighted by molar-refractivity contribution is 0.198. The largest absolute Gasteiger partial charge is 0.694 e. The van der Waals surface area contributed by atoms with E-state index >= 15 is 0 Å². The zero-order chi connectivity index (χ0) is 8.57. The Morgan fingerprint density at radius 3 is 1.80 bits per heavy atom. The molecular weight excluding hydrogens is 158 g/mol. The van der Waals surface area contributed by atoms with Gasteiger partial charge in [-0.25, -0.2) is 0 Å². The Balaban J connectivity index is 0. The summed E-state index contributed by atoms with van der Waals surface area (Å²) in [7, 11) is 4.47. The van der Waals surface area contributed by atoms with Crippen LogP contribution in [0.5, 0.6) is 0 Å². The van der Waals surface area contributed by atoms with Crippen molar-refractivity contribution in [3.8, 4) is 0 Å². The molecule has 0 fully saturated rings. The van der Waals surface area contributed by atoms with Gasteiger partial charge in [-0.05, 0) is 0 Å². The van der Waals surface area contributed by atoms with Crippen LogP contribution in [0.15, 0.2) is 0 Å². The van der Waals surface area contributed by atoms with Crippen LogP contribution >= 0.6 is 8.25 Å². The highest BCUT2D eigenvalue weighted by molar-refractivity contribution is 7.32. The lowest BCUT2D eigenvalue weighted by Crippen LogP contribution is -1.92. The van der Waals surface area contributed by atoms with E-state index in [0.717, 1.165) is 0 Å². The van der Waals surface area contributed by atoms with Gasteiger partial charge in [0.2, 0.25) is 13.7 Å². The van der Waals surface area contributed by atoms with Crippen molar-refractivity contribution in [1.82, 2.24) is 0 Å². The Morgan fingerprint density at radius 2 is 1.80 bits per heavy atom. The first-order chi connectivity index (χ1) is 4.54. The predicted octanol–water partition coefficient (Wildman–Crippen LogP) is 0.204. The van der Waals surface area contributed by atoms with Crippen molar-refractivity contribution < 1.29 is 23.5 Å². The molecule has 0 aliphatic heterocycles. The van der Waals surface area contributed by atoms with E-state index in [1.54, 1.807) is 0 Å². The lowest BCUT2D eigenvalue weighted by Gasteiger charge is -1.81. The fourth-order valence-corrected chi connectivity index (χ4v) is 0. The molecule has 0 aliphatic rings. The molecule has 1 atom stereocenters. The molecule has 1 N–H and O–H groups in total. The molecule has 0 rings (SSSR count). The second kappa shape index (κ2) is 8.55. The molecule has 2 radical (unpaired) electrons. The summed E-state index contributed by atoms with van der Waals surface area (Å²) in [6, 6.07) is 0. The van der Waals surface area contributed by atoms with Crippen LogP contribution in [-0.4, -0.2) is 32.8 Å². The van der Waals surface area contributed by atoms with Crippen molar-refractivity contribution in [2.45, 2.75) is 0 Å². The molecule has 0 bridgehead atoms. The molecule has 56 valence electrons. The van der Waals surface area contributed by atoms with E-state index in [0.29, 0.717) is 0 Å². The summed E-state index contributed by atoms with van der Waals surface area (Å²) in [5.74, 6) is -0.745. The SMILES string of the molecule is CO[P+](=O)O.[B]C(=O)OC. The highest BCUT2D eigenvalue weighted by Crippen LogP contribution is 2.09. The van der Waals surface area contributed by atoms with Gasteiger partial charge < -0.3 is 4.74 Å². The highest BCUT2D eigenvalue weighted by Gasteiger charge is 2.02. The molecule has 1 unspecified atom stereocenters. The zero-order valence-corrected chi connectivity index (χ0v) is 6.50. The van der Waals surface area contributed by atoms with E-state index in [9.17, 15) is 9.36 Å². The van der Waals surface area contributed by atoms with Crippen molar-refractivity contribution in [2.24, 2.45) is 0 Å². The van der Waals surface area contributed by atoms with Crippen LogP contribution in [0.4, 0.5) is 4.79 Å². The van der Waals surface area contributed by atoms with E-state index in [4.69, 9.17) is 4.89 Å². The minimum absolute atomic E-state index is 0.745. The minimum Gasteiger partial charge on any atom is -0.478 e. The van der Waals surface area contributed by atoms with Gasteiger partial charge in [-0.15, -0.1) is 9.42 Å². The summed E-state index contributed by atoms with van der Waals surface area (Å²) < 4.78 is 17.0. The quantitative estimate of drug-likeness (QED) is 0.443. The molecule has 0 heterocycles. The topological polar surface area (TPSA) is 72.8 Å². The van der Waals surface area contributed by atoms with E-state index < -0.39 is 14.1 Å². The predicted molar refractivity (Wildman–Crippen MR) is 35.0 cm³/mol. The van der Waals surface area contributed by atoms with Gasteiger partial charge in [0.1, 0.15) is 0 Å². The lowest BCUT2D eigenvalue weighted by atomic mass is 10.2. The number of hydrogen-bond acceptors (Lipinski definition) is 4. The number of ether oxygens (including phenoxy) is 1. The third kappa shape index (κ3) is 25.7. The first kappa shape index (κ1) is 12.3. The number of carbonyl (C=O) groups is 1. The van der Waals surface area contributed by atoms with Crippen LogP contribution in [0.25, 0.3) is 0 Å². The maximum Gasteiger partial charge on any atom is 0.694 e. The van der Waals surface area contributed by atoms with Crippen LogP contribution in [0, 0.1) is 0 Å². The van der Waals surface area contributed by atoms with Crippen molar-refractivity contribution in [1.29, 1.82) is 0 Å². The standard InChI is InChI=1S/C2H3BO2.CH3O3P/c1-5-2(3)4;1-4-5(2)3/h2*1H3/p+1. The van der Waals surface area contributed by atoms with E-state index in [1.807, 2.05) is 0 Å². The third-order valence-electron chi connectivity index (χ3n) is 0.357. The first-order valence-electron chi connectivity index (χ1n) is 2.08. The van der Waals surface area contributed by atoms with E-state index in [2.05, 4.69) is 17.1 Å². The molecule has 0 saturated carbocycles. The number of hydrogen-bond donors (Lipinski definition) is 1. The maximum absolute atomic E-state index is 9.37. The Labute approximate surface area is 60.7 Å². The van der Waals surface area contributed by atoms with Gasteiger partial charge in [0.25, 0.3) is 0 Å². The summed E-state index contributed by atoms with van der Waals surface area (Å²) >= 11 is 0. The van der Waals surface area contributed by atoms with Crippen molar-refractivity contribution in [2.75, 3.05) is 14.2 Å².